The number of hydrogen-bond donors (Lipinski definition) is 0. The zero-order valence-electron chi connectivity index (χ0n) is 12.4. The summed E-state index contributed by atoms with van der Waals surface area (Å²) >= 11 is 5.97. The van der Waals surface area contributed by atoms with Crippen LogP contribution in [-0.4, -0.2) is 6.29 Å². The van der Waals surface area contributed by atoms with Gasteiger partial charge in [0.05, 0.1) is 5.56 Å². The molecule has 22 heavy (non-hydrogen) atoms. The fourth-order valence-corrected chi connectivity index (χ4v) is 3.23. The Hall–Kier alpha value is -1.80. The molecular formula is C19H19ClO2. The molecule has 0 heterocycles. The highest BCUT2D eigenvalue weighted by atomic mass is 35.5. The standard InChI is InChI=1S/C19H19ClO2/c20-17-9-6-16(13-21)19(12-17)22-18-10-7-15(8-11-18)14-4-2-1-3-5-14/h6-14H,1-5H2. The fraction of sp³-hybridized carbons (Fsp3) is 0.316. The molecular weight excluding hydrogens is 296 g/mol. The Labute approximate surface area is 136 Å². The van der Waals surface area contributed by atoms with E-state index in [1.807, 2.05) is 12.1 Å². The maximum atomic E-state index is 11.1. The largest absolute Gasteiger partial charge is 0.457 e. The molecule has 0 saturated heterocycles. The van der Waals surface area contributed by atoms with E-state index in [2.05, 4.69) is 12.1 Å². The Morgan fingerprint density at radius 1 is 1.00 bits per heavy atom. The molecule has 1 aliphatic rings. The molecule has 3 rings (SSSR count). The number of rotatable bonds is 4. The van der Waals surface area contributed by atoms with E-state index >= 15 is 0 Å². The lowest BCUT2D eigenvalue weighted by Crippen LogP contribution is -2.04. The highest BCUT2D eigenvalue weighted by Gasteiger charge is 2.15. The van der Waals surface area contributed by atoms with E-state index in [0.29, 0.717) is 22.3 Å². The molecule has 1 saturated carbocycles. The molecule has 0 N–H and O–H groups in total. The van der Waals surface area contributed by atoms with Crippen molar-refractivity contribution in [1.29, 1.82) is 0 Å². The lowest BCUT2D eigenvalue weighted by atomic mass is 9.84. The molecule has 2 aromatic rings. The van der Waals surface area contributed by atoms with E-state index in [0.717, 1.165) is 12.0 Å². The predicted molar refractivity (Wildman–Crippen MR) is 89.2 cm³/mol. The summed E-state index contributed by atoms with van der Waals surface area (Å²) in [6, 6.07) is 13.2. The normalized spacial score (nSPS) is 15.5. The molecule has 0 bridgehead atoms. The van der Waals surface area contributed by atoms with Crippen molar-refractivity contribution in [3.05, 3.63) is 58.6 Å². The van der Waals surface area contributed by atoms with Crippen LogP contribution in [0.3, 0.4) is 0 Å². The molecule has 0 radical (unpaired) electrons. The Bertz CT molecular complexity index is 643. The van der Waals surface area contributed by atoms with Gasteiger partial charge < -0.3 is 4.74 Å². The van der Waals surface area contributed by atoms with Crippen LogP contribution < -0.4 is 4.74 Å². The van der Waals surface area contributed by atoms with Gasteiger partial charge in [-0.2, -0.15) is 0 Å². The summed E-state index contributed by atoms with van der Waals surface area (Å²) < 4.78 is 5.81. The van der Waals surface area contributed by atoms with Crippen LogP contribution in [0.4, 0.5) is 0 Å². The first-order valence-electron chi connectivity index (χ1n) is 7.79. The average molecular weight is 315 g/mol. The van der Waals surface area contributed by atoms with E-state index in [1.165, 1.54) is 37.7 Å². The van der Waals surface area contributed by atoms with Crippen molar-refractivity contribution in [1.82, 2.24) is 0 Å². The van der Waals surface area contributed by atoms with Gasteiger partial charge in [-0.15, -0.1) is 0 Å². The SMILES string of the molecule is O=Cc1ccc(Cl)cc1Oc1ccc(C2CCCCC2)cc1. The molecule has 2 nitrogen and oxygen atoms in total. The van der Waals surface area contributed by atoms with Crippen LogP contribution in [0.5, 0.6) is 11.5 Å². The van der Waals surface area contributed by atoms with Gasteiger partial charge >= 0.3 is 0 Å². The van der Waals surface area contributed by atoms with Crippen LogP contribution in [0.1, 0.15) is 53.9 Å². The Kier molecular flexibility index (Phi) is 4.79. The number of halogens is 1. The zero-order chi connectivity index (χ0) is 15.4. The summed E-state index contributed by atoms with van der Waals surface area (Å²) in [6.45, 7) is 0. The van der Waals surface area contributed by atoms with Gasteiger partial charge in [0.25, 0.3) is 0 Å². The van der Waals surface area contributed by atoms with Gasteiger partial charge in [-0.25, -0.2) is 0 Å². The molecule has 0 amide bonds. The monoisotopic (exact) mass is 314 g/mol. The zero-order valence-corrected chi connectivity index (χ0v) is 13.2. The van der Waals surface area contributed by atoms with Crippen LogP contribution in [-0.2, 0) is 0 Å². The second-order valence-electron chi connectivity index (χ2n) is 5.81. The van der Waals surface area contributed by atoms with Crippen LogP contribution in [0.25, 0.3) is 0 Å². The van der Waals surface area contributed by atoms with Crippen molar-refractivity contribution < 1.29 is 9.53 Å². The summed E-state index contributed by atoms with van der Waals surface area (Å²) in [7, 11) is 0. The second kappa shape index (κ2) is 6.97. The van der Waals surface area contributed by atoms with E-state index in [1.54, 1.807) is 18.2 Å². The Balaban J connectivity index is 1.76. The number of benzene rings is 2. The maximum absolute atomic E-state index is 11.1. The minimum absolute atomic E-state index is 0.493. The van der Waals surface area contributed by atoms with Crippen molar-refractivity contribution in [3.8, 4) is 11.5 Å². The summed E-state index contributed by atoms with van der Waals surface area (Å²) in [5.41, 5.74) is 1.88. The predicted octanol–water partition coefficient (Wildman–Crippen LogP) is 5.99. The first kappa shape index (κ1) is 15.1. The van der Waals surface area contributed by atoms with Crippen molar-refractivity contribution in [3.63, 3.8) is 0 Å². The molecule has 114 valence electrons. The Morgan fingerprint density at radius 3 is 2.41 bits per heavy atom. The van der Waals surface area contributed by atoms with E-state index in [4.69, 9.17) is 16.3 Å². The minimum Gasteiger partial charge on any atom is -0.457 e. The highest BCUT2D eigenvalue weighted by Crippen LogP contribution is 2.34. The van der Waals surface area contributed by atoms with Crippen molar-refractivity contribution in [2.24, 2.45) is 0 Å². The van der Waals surface area contributed by atoms with Crippen molar-refractivity contribution >= 4 is 17.9 Å². The van der Waals surface area contributed by atoms with Gasteiger partial charge in [-0.3, -0.25) is 4.79 Å². The number of carbonyl (C=O) groups is 1. The molecule has 1 aliphatic carbocycles. The number of ether oxygens (including phenoxy) is 1. The topological polar surface area (TPSA) is 26.3 Å². The van der Waals surface area contributed by atoms with Crippen molar-refractivity contribution in [2.45, 2.75) is 38.0 Å². The van der Waals surface area contributed by atoms with Gasteiger partial charge in [0.2, 0.25) is 0 Å². The summed E-state index contributed by atoms with van der Waals surface area (Å²) in [5, 5.41) is 0.555. The van der Waals surface area contributed by atoms with E-state index in [9.17, 15) is 4.79 Å². The van der Waals surface area contributed by atoms with Gasteiger partial charge in [0, 0.05) is 11.1 Å². The molecule has 1 fully saturated rings. The minimum atomic E-state index is 0.493. The first-order chi connectivity index (χ1) is 10.8. The fourth-order valence-electron chi connectivity index (χ4n) is 3.06. The third-order valence-corrected chi connectivity index (χ3v) is 4.52. The van der Waals surface area contributed by atoms with Crippen LogP contribution in [0.2, 0.25) is 5.02 Å². The maximum Gasteiger partial charge on any atom is 0.153 e. The molecule has 3 heteroatoms. The molecule has 0 spiro atoms. The van der Waals surface area contributed by atoms with Crippen LogP contribution in [0, 0.1) is 0 Å². The number of aldehydes is 1. The summed E-state index contributed by atoms with van der Waals surface area (Å²) in [6.07, 6.45) is 7.36. The highest BCUT2D eigenvalue weighted by molar-refractivity contribution is 6.30. The average Bonchev–Trinajstić information content (AvgIpc) is 2.57. The van der Waals surface area contributed by atoms with E-state index < -0.39 is 0 Å². The lowest BCUT2D eigenvalue weighted by Gasteiger charge is -2.22. The molecule has 0 aliphatic heterocycles. The molecule has 0 atom stereocenters. The molecule has 0 unspecified atom stereocenters. The third-order valence-electron chi connectivity index (χ3n) is 4.29. The molecule has 0 aromatic heterocycles. The third kappa shape index (κ3) is 3.50. The number of hydrogen-bond acceptors (Lipinski definition) is 2. The van der Waals surface area contributed by atoms with Crippen LogP contribution >= 0.6 is 11.6 Å². The first-order valence-corrected chi connectivity index (χ1v) is 8.16. The number of carbonyl (C=O) groups excluding carboxylic acids is 1. The lowest BCUT2D eigenvalue weighted by molar-refractivity contribution is 0.112. The second-order valence-corrected chi connectivity index (χ2v) is 6.24. The smallest absolute Gasteiger partial charge is 0.153 e. The molecule has 2 aromatic carbocycles. The quantitative estimate of drug-likeness (QED) is 0.648. The van der Waals surface area contributed by atoms with Gasteiger partial charge in [0.15, 0.2) is 6.29 Å². The van der Waals surface area contributed by atoms with Crippen LogP contribution in [0.15, 0.2) is 42.5 Å². The van der Waals surface area contributed by atoms with E-state index in [-0.39, 0.29) is 0 Å². The van der Waals surface area contributed by atoms with Gasteiger partial charge in [0.1, 0.15) is 11.5 Å². The van der Waals surface area contributed by atoms with Crippen molar-refractivity contribution in [2.75, 3.05) is 0 Å². The van der Waals surface area contributed by atoms with Gasteiger partial charge in [-0.05, 0) is 48.6 Å². The van der Waals surface area contributed by atoms with Gasteiger partial charge in [-0.1, -0.05) is 43.0 Å². The summed E-state index contributed by atoms with van der Waals surface area (Å²) in [4.78, 5) is 11.1. The Morgan fingerprint density at radius 2 is 1.73 bits per heavy atom. The summed E-state index contributed by atoms with van der Waals surface area (Å²) in [5.74, 6) is 1.90.